The molecule has 4 aromatic rings. The number of hydrogen-bond donors (Lipinski definition) is 1. The van der Waals surface area contributed by atoms with Crippen molar-refractivity contribution in [1.82, 2.24) is 4.98 Å². The summed E-state index contributed by atoms with van der Waals surface area (Å²) >= 11 is 7.45. The molecule has 0 fully saturated rings. The Morgan fingerprint density at radius 2 is 1.92 bits per heavy atom. The Labute approximate surface area is 235 Å². The molecule has 1 atom stereocenters. The Morgan fingerprint density at radius 1 is 1.13 bits per heavy atom. The van der Waals surface area contributed by atoms with Crippen LogP contribution in [-0.2, 0) is 9.59 Å². The van der Waals surface area contributed by atoms with Crippen LogP contribution < -0.4 is 9.64 Å². The SMILES string of the molecule is CC(C)CCOc1cccc(C2C(C(=O)C=Cc3ccccc3)=C(O)C(=O)N2c2nc3ccc(Cl)cc3s2)c1. The highest BCUT2D eigenvalue weighted by Crippen LogP contribution is 2.44. The molecule has 5 rings (SSSR count). The molecule has 1 amide bonds. The summed E-state index contributed by atoms with van der Waals surface area (Å²) < 4.78 is 6.76. The van der Waals surface area contributed by atoms with Gasteiger partial charge in [-0.15, -0.1) is 0 Å². The van der Waals surface area contributed by atoms with Gasteiger partial charge < -0.3 is 9.84 Å². The first-order chi connectivity index (χ1) is 18.8. The number of aliphatic hydroxyl groups is 1. The van der Waals surface area contributed by atoms with E-state index in [-0.39, 0.29) is 5.57 Å². The third-order valence-corrected chi connectivity index (χ3v) is 7.64. The second kappa shape index (κ2) is 11.4. The summed E-state index contributed by atoms with van der Waals surface area (Å²) in [5.74, 6) is -0.634. The molecule has 198 valence electrons. The molecule has 0 radical (unpaired) electrons. The van der Waals surface area contributed by atoms with Crippen molar-refractivity contribution in [2.75, 3.05) is 11.5 Å². The number of ketones is 1. The fourth-order valence-electron chi connectivity index (χ4n) is 4.37. The highest BCUT2D eigenvalue weighted by molar-refractivity contribution is 7.22. The summed E-state index contributed by atoms with van der Waals surface area (Å²) in [5, 5.41) is 11.9. The van der Waals surface area contributed by atoms with E-state index in [1.807, 2.05) is 54.6 Å². The second-order valence-electron chi connectivity index (χ2n) is 9.66. The molecular weight excluding hydrogens is 532 g/mol. The summed E-state index contributed by atoms with van der Waals surface area (Å²) in [6, 6.07) is 21.0. The lowest BCUT2D eigenvalue weighted by molar-refractivity contribution is -0.117. The number of hydrogen-bond acceptors (Lipinski definition) is 6. The standard InChI is InChI=1S/C31H27ClN2O4S/c1-19(2)15-16-38-23-10-6-9-21(17-23)28-27(25(35)14-11-20-7-4-3-5-8-20)29(36)30(37)34(28)31-33-24-13-12-22(32)18-26(24)39-31/h3-14,17-19,28,36H,15-16H2,1-2H3. The zero-order chi connectivity index (χ0) is 27.5. The Balaban J connectivity index is 1.56. The quantitative estimate of drug-likeness (QED) is 0.214. The van der Waals surface area contributed by atoms with Gasteiger partial charge in [0.15, 0.2) is 16.7 Å². The number of aliphatic hydroxyl groups excluding tert-OH is 1. The number of benzene rings is 3. The molecule has 6 nitrogen and oxygen atoms in total. The van der Waals surface area contributed by atoms with Crippen molar-refractivity contribution in [3.05, 3.63) is 106 Å². The van der Waals surface area contributed by atoms with Gasteiger partial charge in [0.1, 0.15) is 5.75 Å². The van der Waals surface area contributed by atoms with E-state index in [1.165, 1.54) is 22.3 Å². The molecular formula is C31H27ClN2O4S. The number of nitrogens with zero attached hydrogens (tertiary/aromatic N) is 2. The average Bonchev–Trinajstić information content (AvgIpc) is 3.45. The molecule has 1 aromatic heterocycles. The topological polar surface area (TPSA) is 79.7 Å². The van der Waals surface area contributed by atoms with Crippen LogP contribution in [0.2, 0.25) is 5.02 Å². The van der Waals surface area contributed by atoms with Crippen LogP contribution in [0.25, 0.3) is 16.3 Å². The summed E-state index contributed by atoms with van der Waals surface area (Å²) in [6.45, 7) is 4.79. The number of halogens is 1. The lowest BCUT2D eigenvalue weighted by atomic mass is 9.95. The van der Waals surface area contributed by atoms with Crippen molar-refractivity contribution >= 4 is 56.1 Å². The third kappa shape index (κ3) is 5.75. The van der Waals surface area contributed by atoms with Gasteiger partial charge >= 0.3 is 0 Å². The van der Waals surface area contributed by atoms with Crippen molar-refractivity contribution in [3.8, 4) is 5.75 Å². The monoisotopic (exact) mass is 558 g/mol. The molecule has 0 aliphatic carbocycles. The summed E-state index contributed by atoms with van der Waals surface area (Å²) in [7, 11) is 0. The van der Waals surface area contributed by atoms with Crippen LogP contribution in [-0.4, -0.2) is 28.4 Å². The third-order valence-electron chi connectivity index (χ3n) is 6.38. The number of anilines is 1. The molecule has 3 aromatic carbocycles. The Kier molecular flexibility index (Phi) is 7.82. The van der Waals surface area contributed by atoms with Crippen molar-refractivity contribution in [1.29, 1.82) is 0 Å². The van der Waals surface area contributed by atoms with Gasteiger partial charge in [0.05, 0.1) is 28.4 Å². The Bertz CT molecular complexity index is 1590. The van der Waals surface area contributed by atoms with Crippen LogP contribution in [0.3, 0.4) is 0 Å². The number of ether oxygens (including phenoxy) is 1. The van der Waals surface area contributed by atoms with Crippen LogP contribution in [0.5, 0.6) is 5.75 Å². The van der Waals surface area contributed by atoms with Crippen molar-refractivity contribution < 1.29 is 19.4 Å². The van der Waals surface area contributed by atoms with Gasteiger partial charge in [-0.3, -0.25) is 14.5 Å². The van der Waals surface area contributed by atoms with Gasteiger partial charge in [0.25, 0.3) is 5.91 Å². The molecule has 0 saturated carbocycles. The lowest BCUT2D eigenvalue weighted by Gasteiger charge is -2.24. The summed E-state index contributed by atoms with van der Waals surface area (Å²) in [4.78, 5) is 33.1. The van der Waals surface area contributed by atoms with Crippen LogP contribution in [0, 0.1) is 5.92 Å². The highest BCUT2D eigenvalue weighted by Gasteiger charge is 2.45. The average molecular weight is 559 g/mol. The second-order valence-corrected chi connectivity index (χ2v) is 11.1. The van der Waals surface area contributed by atoms with E-state index in [1.54, 1.807) is 24.3 Å². The molecule has 0 saturated heterocycles. The highest BCUT2D eigenvalue weighted by atomic mass is 35.5. The fraction of sp³-hybridized carbons (Fsp3) is 0.194. The summed E-state index contributed by atoms with van der Waals surface area (Å²) in [6.07, 6.45) is 3.94. The summed E-state index contributed by atoms with van der Waals surface area (Å²) in [5.41, 5.74) is 2.11. The van der Waals surface area contributed by atoms with E-state index in [4.69, 9.17) is 16.3 Å². The van der Waals surface area contributed by atoms with E-state index in [0.717, 1.165) is 16.7 Å². The van der Waals surface area contributed by atoms with Gasteiger partial charge in [-0.25, -0.2) is 4.98 Å². The Morgan fingerprint density at radius 3 is 2.69 bits per heavy atom. The predicted octanol–water partition coefficient (Wildman–Crippen LogP) is 7.56. The first-order valence-corrected chi connectivity index (χ1v) is 13.8. The van der Waals surface area contributed by atoms with Crippen molar-refractivity contribution in [3.63, 3.8) is 0 Å². The number of allylic oxidation sites excluding steroid dienone is 1. The van der Waals surface area contributed by atoms with Crippen LogP contribution in [0.4, 0.5) is 5.13 Å². The van der Waals surface area contributed by atoms with Gasteiger partial charge in [-0.1, -0.05) is 85.3 Å². The van der Waals surface area contributed by atoms with Crippen molar-refractivity contribution in [2.24, 2.45) is 5.92 Å². The predicted molar refractivity (Wildman–Crippen MR) is 156 cm³/mol. The minimum atomic E-state index is -0.893. The number of thiazole rings is 1. The zero-order valence-corrected chi connectivity index (χ0v) is 23.1. The van der Waals surface area contributed by atoms with Crippen LogP contribution >= 0.6 is 22.9 Å². The fourth-order valence-corrected chi connectivity index (χ4v) is 5.64. The smallest absolute Gasteiger partial charge is 0.296 e. The number of carbonyl (C=O) groups excluding carboxylic acids is 2. The van der Waals surface area contributed by atoms with E-state index in [0.29, 0.717) is 39.5 Å². The van der Waals surface area contributed by atoms with E-state index < -0.39 is 23.5 Å². The molecule has 8 heteroatoms. The molecule has 1 unspecified atom stereocenters. The van der Waals surface area contributed by atoms with Crippen molar-refractivity contribution in [2.45, 2.75) is 26.3 Å². The molecule has 39 heavy (non-hydrogen) atoms. The van der Waals surface area contributed by atoms with Gasteiger partial charge in [-0.05, 0) is 59.9 Å². The van der Waals surface area contributed by atoms with E-state index in [9.17, 15) is 14.7 Å². The van der Waals surface area contributed by atoms with E-state index in [2.05, 4.69) is 18.8 Å². The molecule has 2 heterocycles. The van der Waals surface area contributed by atoms with Gasteiger partial charge in [-0.2, -0.15) is 0 Å². The van der Waals surface area contributed by atoms with Gasteiger partial charge in [0.2, 0.25) is 0 Å². The number of amides is 1. The first-order valence-electron chi connectivity index (χ1n) is 12.6. The number of fused-ring (bicyclic) bond motifs is 1. The van der Waals surface area contributed by atoms with E-state index >= 15 is 0 Å². The van der Waals surface area contributed by atoms with Crippen LogP contribution in [0.1, 0.15) is 37.4 Å². The molecule has 1 aliphatic heterocycles. The van der Waals surface area contributed by atoms with Gasteiger partial charge in [0, 0.05) is 5.02 Å². The minimum Gasteiger partial charge on any atom is -0.503 e. The Hall–Kier alpha value is -3.94. The normalized spacial score (nSPS) is 15.7. The molecule has 1 N–H and O–H groups in total. The zero-order valence-electron chi connectivity index (χ0n) is 21.5. The maximum absolute atomic E-state index is 13.5. The number of aromatic nitrogens is 1. The molecule has 0 spiro atoms. The lowest BCUT2D eigenvalue weighted by Crippen LogP contribution is -2.30. The largest absolute Gasteiger partial charge is 0.503 e. The molecule has 1 aliphatic rings. The minimum absolute atomic E-state index is 0.0104. The maximum Gasteiger partial charge on any atom is 0.296 e. The number of carbonyl (C=O) groups is 2. The maximum atomic E-state index is 13.5. The first kappa shape index (κ1) is 26.7. The number of rotatable bonds is 9. The van der Waals surface area contributed by atoms with Crippen LogP contribution in [0.15, 0.2) is 90.2 Å². The molecule has 0 bridgehead atoms.